The molecule has 0 radical (unpaired) electrons. The predicted molar refractivity (Wildman–Crippen MR) is 96.6 cm³/mol. The van der Waals surface area contributed by atoms with Crippen LogP contribution in [0.3, 0.4) is 0 Å². The standard InChI is InChI=1S/C12H14N2.C8H9NO2/c1-13-7-3-11(4-8-13)12-5-9-14(2)10-6-12;1-6(10)9-7-2-4-8(11)5-3-7/h3-10H,1-2H3;2-5,11H,1H3,(H,9,10)/q+2;. The van der Waals surface area contributed by atoms with E-state index in [-0.39, 0.29) is 11.7 Å². The highest BCUT2D eigenvalue weighted by Gasteiger charge is 2.00. The van der Waals surface area contributed by atoms with Gasteiger partial charge in [0.1, 0.15) is 19.8 Å². The molecule has 0 unspecified atom stereocenters. The van der Waals surface area contributed by atoms with Crippen LogP contribution < -0.4 is 14.5 Å². The van der Waals surface area contributed by atoms with Crippen molar-refractivity contribution in [3.8, 4) is 16.9 Å². The fourth-order valence-corrected chi connectivity index (χ4v) is 2.13. The molecule has 2 heterocycles. The number of aromatic nitrogens is 2. The fourth-order valence-electron chi connectivity index (χ4n) is 2.13. The third-order valence-electron chi connectivity index (χ3n) is 3.48. The van der Waals surface area contributed by atoms with Crippen LogP contribution in [-0.4, -0.2) is 11.0 Å². The smallest absolute Gasteiger partial charge is 0.221 e. The molecule has 5 heteroatoms. The molecule has 0 bridgehead atoms. The number of phenolic OH excluding ortho intramolecular Hbond substituents is 1. The lowest BCUT2D eigenvalue weighted by Gasteiger charge is -1.99. The number of pyridine rings is 2. The third kappa shape index (κ3) is 6.06. The number of carbonyl (C=O) groups excluding carboxylic acids is 1. The van der Waals surface area contributed by atoms with Crippen molar-refractivity contribution in [2.24, 2.45) is 14.1 Å². The van der Waals surface area contributed by atoms with Crippen molar-refractivity contribution in [1.29, 1.82) is 0 Å². The number of benzene rings is 1. The lowest BCUT2D eigenvalue weighted by atomic mass is 10.1. The maximum atomic E-state index is 10.5. The highest BCUT2D eigenvalue weighted by atomic mass is 16.3. The van der Waals surface area contributed by atoms with Gasteiger partial charge in [-0.3, -0.25) is 4.79 Å². The van der Waals surface area contributed by atoms with Crippen LogP contribution in [0.1, 0.15) is 6.92 Å². The minimum Gasteiger partial charge on any atom is -0.508 e. The Morgan fingerprint density at radius 1 is 0.800 bits per heavy atom. The normalized spacial score (nSPS) is 9.72. The first kappa shape index (κ1) is 18.1. The number of phenols is 1. The van der Waals surface area contributed by atoms with Gasteiger partial charge in [-0.05, 0) is 35.4 Å². The van der Waals surface area contributed by atoms with Gasteiger partial charge in [0.2, 0.25) is 5.91 Å². The van der Waals surface area contributed by atoms with Crippen LogP contribution >= 0.6 is 0 Å². The van der Waals surface area contributed by atoms with E-state index in [1.807, 2.05) is 23.2 Å². The maximum absolute atomic E-state index is 10.5. The lowest BCUT2D eigenvalue weighted by Crippen LogP contribution is -2.26. The van der Waals surface area contributed by atoms with Crippen LogP contribution in [-0.2, 0) is 18.9 Å². The summed E-state index contributed by atoms with van der Waals surface area (Å²) in [6, 6.07) is 14.8. The fraction of sp³-hybridized carbons (Fsp3) is 0.150. The number of carbonyl (C=O) groups is 1. The van der Waals surface area contributed by atoms with Gasteiger partial charge in [-0.25, -0.2) is 9.13 Å². The van der Waals surface area contributed by atoms with Crippen molar-refractivity contribution in [3.05, 3.63) is 73.3 Å². The quantitative estimate of drug-likeness (QED) is 0.557. The van der Waals surface area contributed by atoms with Gasteiger partial charge in [-0.2, -0.15) is 0 Å². The zero-order valence-electron chi connectivity index (χ0n) is 14.7. The molecular weight excluding hydrogens is 314 g/mol. The largest absolute Gasteiger partial charge is 0.508 e. The maximum Gasteiger partial charge on any atom is 0.221 e. The topological polar surface area (TPSA) is 57.1 Å². The number of rotatable bonds is 2. The summed E-state index contributed by atoms with van der Waals surface area (Å²) in [5, 5.41) is 11.5. The number of aromatic hydroxyl groups is 1. The van der Waals surface area contributed by atoms with Crippen molar-refractivity contribution >= 4 is 11.6 Å². The Labute approximate surface area is 147 Å². The molecule has 128 valence electrons. The van der Waals surface area contributed by atoms with Crippen LogP contribution in [0.15, 0.2) is 73.3 Å². The van der Waals surface area contributed by atoms with Gasteiger partial charge in [0.25, 0.3) is 0 Å². The summed E-state index contributed by atoms with van der Waals surface area (Å²) < 4.78 is 4.07. The molecule has 0 spiro atoms. The number of anilines is 1. The van der Waals surface area contributed by atoms with Crippen LogP contribution in [0.5, 0.6) is 5.75 Å². The summed E-state index contributed by atoms with van der Waals surface area (Å²) in [6.45, 7) is 1.44. The number of hydrogen-bond acceptors (Lipinski definition) is 2. The minimum atomic E-state index is -0.115. The molecule has 2 aromatic heterocycles. The Balaban J connectivity index is 0.000000186. The van der Waals surface area contributed by atoms with Crippen molar-refractivity contribution < 1.29 is 19.0 Å². The summed E-state index contributed by atoms with van der Waals surface area (Å²) in [4.78, 5) is 10.5. The van der Waals surface area contributed by atoms with Gasteiger partial charge in [-0.15, -0.1) is 0 Å². The predicted octanol–water partition coefficient (Wildman–Crippen LogP) is 2.35. The second-order valence-electron chi connectivity index (χ2n) is 5.73. The summed E-state index contributed by atoms with van der Waals surface area (Å²) in [7, 11) is 4.05. The molecule has 25 heavy (non-hydrogen) atoms. The molecular formula is C20H23N3O2+2. The molecule has 0 saturated heterocycles. The van der Waals surface area contributed by atoms with E-state index in [9.17, 15) is 4.79 Å². The Hall–Kier alpha value is -3.21. The average molecular weight is 337 g/mol. The van der Waals surface area contributed by atoms with E-state index in [1.54, 1.807) is 12.1 Å². The van der Waals surface area contributed by atoms with Crippen LogP contribution in [0.2, 0.25) is 0 Å². The van der Waals surface area contributed by atoms with Crippen LogP contribution in [0, 0.1) is 0 Å². The molecule has 0 aliphatic rings. The highest BCUT2D eigenvalue weighted by Crippen LogP contribution is 2.15. The SMILES string of the molecule is CC(=O)Nc1ccc(O)cc1.C[n+]1ccc(-c2cc[n+](C)cc2)cc1. The summed E-state index contributed by atoms with van der Waals surface area (Å²) in [6.07, 6.45) is 8.23. The van der Waals surface area contributed by atoms with E-state index in [0.717, 1.165) is 0 Å². The van der Waals surface area contributed by atoms with Crippen LogP contribution in [0.25, 0.3) is 11.1 Å². The van der Waals surface area contributed by atoms with Crippen molar-refractivity contribution in [1.82, 2.24) is 0 Å². The monoisotopic (exact) mass is 337 g/mol. The van der Waals surface area contributed by atoms with Crippen molar-refractivity contribution in [2.45, 2.75) is 6.92 Å². The zero-order chi connectivity index (χ0) is 18.2. The van der Waals surface area contributed by atoms with Gasteiger partial charge in [-0.1, -0.05) is 0 Å². The Morgan fingerprint density at radius 2 is 1.20 bits per heavy atom. The van der Waals surface area contributed by atoms with E-state index in [4.69, 9.17) is 5.11 Å². The highest BCUT2D eigenvalue weighted by molar-refractivity contribution is 5.88. The van der Waals surface area contributed by atoms with Gasteiger partial charge in [0.05, 0.1) is 0 Å². The Bertz CT molecular complexity index is 768. The minimum absolute atomic E-state index is 0.115. The van der Waals surface area contributed by atoms with Gasteiger partial charge in [0.15, 0.2) is 24.8 Å². The summed E-state index contributed by atoms with van der Waals surface area (Å²) in [5.74, 6) is 0.0785. The van der Waals surface area contributed by atoms with E-state index < -0.39 is 0 Å². The summed E-state index contributed by atoms with van der Waals surface area (Å²) in [5.41, 5.74) is 3.20. The van der Waals surface area contributed by atoms with Gasteiger partial charge < -0.3 is 10.4 Å². The number of amides is 1. The van der Waals surface area contributed by atoms with E-state index >= 15 is 0 Å². The third-order valence-corrected chi connectivity index (χ3v) is 3.48. The average Bonchev–Trinajstić information content (AvgIpc) is 2.59. The van der Waals surface area contributed by atoms with E-state index in [1.165, 1.54) is 30.2 Å². The molecule has 3 rings (SSSR count). The van der Waals surface area contributed by atoms with Crippen molar-refractivity contribution in [2.75, 3.05) is 5.32 Å². The zero-order valence-corrected chi connectivity index (χ0v) is 14.7. The molecule has 1 amide bonds. The first-order valence-electron chi connectivity index (χ1n) is 7.91. The van der Waals surface area contributed by atoms with Crippen LogP contribution in [0.4, 0.5) is 5.69 Å². The number of nitrogens with zero attached hydrogens (tertiary/aromatic N) is 2. The summed E-state index contributed by atoms with van der Waals surface area (Å²) >= 11 is 0. The lowest BCUT2D eigenvalue weighted by molar-refractivity contribution is -0.671. The molecule has 0 aliphatic heterocycles. The number of nitrogens with one attached hydrogen (secondary N) is 1. The van der Waals surface area contributed by atoms with Gasteiger partial charge in [0, 0.05) is 36.9 Å². The Morgan fingerprint density at radius 3 is 1.56 bits per heavy atom. The first-order chi connectivity index (χ1) is 11.9. The second-order valence-corrected chi connectivity index (χ2v) is 5.73. The first-order valence-corrected chi connectivity index (χ1v) is 7.91. The van der Waals surface area contributed by atoms with Gasteiger partial charge >= 0.3 is 0 Å². The molecule has 5 nitrogen and oxygen atoms in total. The molecule has 0 saturated carbocycles. The number of aryl methyl sites for hydroxylation is 2. The van der Waals surface area contributed by atoms with E-state index in [2.05, 4.69) is 54.4 Å². The molecule has 0 atom stereocenters. The second kappa shape index (κ2) is 8.59. The molecule has 3 aromatic rings. The van der Waals surface area contributed by atoms with Crippen molar-refractivity contribution in [3.63, 3.8) is 0 Å². The molecule has 0 aliphatic carbocycles. The Kier molecular flexibility index (Phi) is 6.23. The molecule has 0 fully saturated rings. The number of hydrogen-bond donors (Lipinski definition) is 2. The van der Waals surface area contributed by atoms with E-state index in [0.29, 0.717) is 5.69 Å². The molecule has 2 N–H and O–H groups in total. The molecule has 1 aromatic carbocycles.